The van der Waals surface area contributed by atoms with E-state index in [0.29, 0.717) is 6.42 Å². The molecule has 0 bridgehead atoms. The molecule has 0 saturated heterocycles. The van der Waals surface area contributed by atoms with E-state index in [4.69, 9.17) is 10.4 Å². The Kier molecular flexibility index (Phi) is 4.08. The number of carbonyl (C=O) groups excluding carboxylic acids is 1. The van der Waals surface area contributed by atoms with Gasteiger partial charge in [-0.3, -0.25) is 4.79 Å². The molecule has 0 aromatic rings. The summed E-state index contributed by atoms with van der Waals surface area (Å²) < 4.78 is 0. The first-order valence-corrected chi connectivity index (χ1v) is 4.66. The molecule has 1 amide bonds. The van der Waals surface area contributed by atoms with E-state index in [-0.39, 0.29) is 12.5 Å². The third-order valence-electron chi connectivity index (χ3n) is 2.30. The highest BCUT2D eigenvalue weighted by Gasteiger charge is 2.34. The maximum absolute atomic E-state index is 11.7. The average molecular weight is 198 g/mol. The molecular formula is C10H18N2O2. The van der Waals surface area contributed by atoms with Crippen molar-refractivity contribution in [1.29, 1.82) is 5.26 Å². The van der Waals surface area contributed by atoms with Crippen molar-refractivity contribution in [3.63, 3.8) is 0 Å². The number of nitrogens with zero attached hydrogens (tertiary/aromatic N) is 1. The lowest BCUT2D eigenvalue weighted by Gasteiger charge is -2.28. The smallest absolute Gasteiger partial charge is 0.240 e. The molecule has 2 N–H and O–H groups in total. The van der Waals surface area contributed by atoms with Gasteiger partial charge in [-0.05, 0) is 27.2 Å². The third kappa shape index (κ3) is 3.00. The van der Waals surface area contributed by atoms with E-state index in [2.05, 4.69) is 5.32 Å². The normalized spacial score (nSPS) is 15.4. The van der Waals surface area contributed by atoms with Crippen LogP contribution in [0.5, 0.6) is 0 Å². The van der Waals surface area contributed by atoms with E-state index in [1.54, 1.807) is 27.7 Å². The summed E-state index contributed by atoms with van der Waals surface area (Å²) in [7, 11) is 0. The molecule has 0 aromatic heterocycles. The first-order chi connectivity index (χ1) is 6.31. The molecule has 0 aliphatic rings. The zero-order valence-corrected chi connectivity index (χ0v) is 9.22. The van der Waals surface area contributed by atoms with Crippen LogP contribution in [0.2, 0.25) is 0 Å². The highest BCUT2D eigenvalue weighted by molar-refractivity contribution is 5.85. The maximum Gasteiger partial charge on any atom is 0.240 e. The number of carbonyl (C=O) groups is 1. The number of aliphatic hydroxyl groups is 1. The van der Waals surface area contributed by atoms with Gasteiger partial charge in [0.25, 0.3) is 0 Å². The minimum atomic E-state index is -1.01. The second-order valence-corrected chi connectivity index (χ2v) is 4.29. The first-order valence-electron chi connectivity index (χ1n) is 4.66. The highest BCUT2D eigenvalue weighted by atomic mass is 16.3. The predicted octanol–water partition coefficient (Wildman–Crippen LogP) is 0.813. The Hall–Kier alpha value is -1.08. The molecule has 0 aliphatic heterocycles. The van der Waals surface area contributed by atoms with Crippen LogP contribution in [0.25, 0.3) is 0 Å². The van der Waals surface area contributed by atoms with Crippen LogP contribution < -0.4 is 5.32 Å². The number of rotatable bonds is 4. The molecule has 0 radical (unpaired) electrons. The Morgan fingerprint density at radius 3 is 2.29 bits per heavy atom. The van der Waals surface area contributed by atoms with Crippen molar-refractivity contribution in [1.82, 2.24) is 5.32 Å². The zero-order chi connectivity index (χ0) is 11.4. The van der Waals surface area contributed by atoms with Crippen LogP contribution in [0.3, 0.4) is 0 Å². The van der Waals surface area contributed by atoms with Crippen molar-refractivity contribution in [2.24, 2.45) is 5.41 Å². The molecule has 1 atom stereocenters. The molecular weight excluding hydrogens is 180 g/mol. The third-order valence-corrected chi connectivity index (χ3v) is 2.30. The minimum Gasteiger partial charge on any atom is -0.394 e. The van der Waals surface area contributed by atoms with Crippen LogP contribution in [-0.2, 0) is 4.79 Å². The van der Waals surface area contributed by atoms with Gasteiger partial charge in [-0.25, -0.2) is 0 Å². The topological polar surface area (TPSA) is 73.1 Å². The van der Waals surface area contributed by atoms with Crippen molar-refractivity contribution < 1.29 is 9.90 Å². The minimum absolute atomic E-state index is 0.149. The largest absolute Gasteiger partial charge is 0.394 e. The van der Waals surface area contributed by atoms with Crippen molar-refractivity contribution >= 4 is 5.91 Å². The van der Waals surface area contributed by atoms with E-state index >= 15 is 0 Å². The molecule has 0 spiro atoms. The average Bonchev–Trinajstić information content (AvgIpc) is 2.16. The second-order valence-electron chi connectivity index (χ2n) is 4.29. The molecule has 0 fully saturated rings. The summed E-state index contributed by atoms with van der Waals surface area (Å²) in [5.41, 5.74) is -1.68. The maximum atomic E-state index is 11.7. The monoisotopic (exact) mass is 198 g/mol. The van der Waals surface area contributed by atoms with Gasteiger partial charge >= 0.3 is 0 Å². The van der Waals surface area contributed by atoms with Crippen LogP contribution >= 0.6 is 0 Å². The summed E-state index contributed by atoms with van der Waals surface area (Å²) in [6.07, 6.45) is 0.455. The van der Waals surface area contributed by atoms with Gasteiger partial charge in [0.15, 0.2) is 0 Å². The quantitative estimate of drug-likeness (QED) is 0.702. The van der Waals surface area contributed by atoms with E-state index in [0.717, 1.165) is 0 Å². The van der Waals surface area contributed by atoms with E-state index in [9.17, 15) is 4.79 Å². The van der Waals surface area contributed by atoms with Gasteiger partial charge in [-0.1, -0.05) is 6.92 Å². The van der Waals surface area contributed by atoms with Crippen LogP contribution in [0.15, 0.2) is 0 Å². The summed E-state index contributed by atoms with van der Waals surface area (Å²) in [4.78, 5) is 11.7. The van der Waals surface area contributed by atoms with Crippen LogP contribution in [-0.4, -0.2) is 23.2 Å². The number of hydrogen-bond donors (Lipinski definition) is 2. The number of nitrogens with one attached hydrogen (secondary N) is 1. The van der Waals surface area contributed by atoms with Gasteiger partial charge in [0, 0.05) is 0 Å². The zero-order valence-electron chi connectivity index (χ0n) is 9.22. The number of hydrogen-bond acceptors (Lipinski definition) is 3. The molecule has 0 heterocycles. The molecule has 0 rings (SSSR count). The SMILES string of the molecule is CCC(C)(C#N)C(=O)NC(C)(C)CO. The molecule has 4 heteroatoms. The van der Waals surface area contributed by atoms with Crippen molar-refractivity contribution in [2.45, 2.75) is 39.7 Å². The Bertz CT molecular complexity index is 255. The Morgan fingerprint density at radius 2 is 2.00 bits per heavy atom. The molecule has 4 nitrogen and oxygen atoms in total. The van der Waals surface area contributed by atoms with E-state index < -0.39 is 11.0 Å². The Balaban J connectivity index is 4.58. The molecule has 1 unspecified atom stereocenters. The van der Waals surface area contributed by atoms with Crippen molar-refractivity contribution in [2.75, 3.05) is 6.61 Å². The van der Waals surface area contributed by atoms with E-state index in [1.807, 2.05) is 6.07 Å². The fourth-order valence-corrected chi connectivity index (χ4v) is 0.775. The summed E-state index contributed by atoms with van der Waals surface area (Å²) in [5, 5.41) is 20.4. The lowest BCUT2D eigenvalue weighted by molar-refractivity contribution is -0.129. The van der Waals surface area contributed by atoms with Gasteiger partial charge in [0.2, 0.25) is 5.91 Å². The summed E-state index contributed by atoms with van der Waals surface area (Å²) in [6, 6.07) is 1.98. The fraction of sp³-hybridized carbons (Fsp3) is 0.800. The van der Waals surface area contributed by atoms with Crippen LogP contribution in [0.4, 0.5) is 0 Å². The lowest BCUT2D eigenvalue weighted by Crippen LogP contribution is -2.51. The Labute approximate surface area is 84.9 Å². The summed E-state index contributed by atoms with van der Waals surface area (Å²) >= 11 is 0. The lowest BCUT2D eigenvalue weighted by atomic mass is 9.87. The predicted molar refractivity (Wildman–Crippen MR) is 53.3 cm³/mol. The van der Waals surface area contributed by atoms with Gasteiger partial charge < -0.3 is 10.4 Å². The molecule has 0 aromatic carbocycles. The first kappa shape index (κ1) is 12.9. The molecule has 0 aliphatic carbocycles. The van der Waals surface area contributed by atoms with Gasteiger partial charge in [0.05, 0.1) is 18.2 Å². The van der Waals surface area contributed by atoms with Crippen molar-refractivity contribution in [3.8, 4) is 6.07 Å². The van der Waals surface area contributed by atoms with Gasteiger partial charge in [-0.15, -0.1) is 0 Å². The van der Waals surface area contributed by atoms with Gasteiger partial charge in [-0.2, -0.15) is 5.26 Å². The number of nitriles is 1. The summed E-state index contributed by atoms with van der Waals surface area (Å²) in [6.45, 7) is 6.64. The Morgan fingerprint density at radius 1 is 1.50 bits per heavy atom. The van der Waals surface area contributed by atoms with Crippen LogP contribution in [0.1, 0.15) is 34.1 Å². The second kappa shape index (κ2) is 4.43. The number of amides is 1. The van der Waals surface area contributed by atoms with E-state index in [1.165, 1.54) is 0 Å². The highest BCUT2D eigenvalue weighted by Crippen LogP contribution is 2.20. The molecule has 80 valence electrons. The van der Waals surface area contributed by atoms with Crippen molar-refractivity contribution in [3.05, 3.63) is 0 Å². The molecule has 14 heavy (non-hydrogen) atoms. The molecule has 0 saturated carbocycles. The van der Waals surface area contributed by atoms with Crippen LogP contribution in [0, 0.1) is 16.7 Å². The summed E-state index contributed by atoms with van der Waals surface area (Å²) in [5.74, 6) is -0.332. The van der Waals surface area contributed by atoms with Gasteiger partial charge in [0.1, 0.15) is 5.41 Å². The number of aliphatic hydroxyl groups excluding tert-OH is 1. The standard InChI is InChI=1S/C10H18N2O2/c1-5-10(4,6-11)8(14)12-9(2,3)7-13/h13H,5,7H2,1-4H3,(H,12,14). The fourth-order valence-electron chi connectivity index (χ4n) is 0.775.